The predicted molar refractivity (Wildman–Crippen MR) is 116 cm³/mol. The molecular formula is C24H26N2O4. The standard InChI is InChI=1S/C24H26N2O4/c27-17-23(20-9-3-1-4-10-20)26-24(28)25-21-11-7-8-19(16-21)18-29-14-15-30-22-12-5-2-6-13-22/h1-13,16,23,27H,14-15,17-18H2,(H2,25,26,28)/t23-/m1/s1. The Labute approximate surface area is 176 Å². The molecule has 3 aromatic carbocycles. The number of benzene rings is 3. The van der Waals surface area contributed by atoms with Crippen LogP contribution in [0.1, 0.15) is 17.2 Å². The van der Waals surface area contributed by atoms with E-state index in [-0.39, 0.29) is 12.6 Å². The highest BCUT2D eigenvalue weighted by atomic mass is 16.5. The van der Waals surface area contributed by atoms with E-state index >= 15 is 0 Å². The number of nitrogens with one attached hydrogen (secondary N) is 2. The normalized spacial score (nSPS) is 11.5. The third-order valence-corrected chi connectivity index (χ3v) is 4.38. The molecule has 0 saturated heterocycles. The van der Waals surface area contributed by atoms with E-state index < -0.39 is 6.04 Å². The summed E-state index contributed by atoms with van der Waals surface area (Å²) in [6.45, 7) is 1.16. The fraction of sp³-hybridized carbons (Fsp3) is 0.208. The molecule has 0 aliphatic carbocycles. The Kier molecular flexibility index (Phi) is 8.26. The SMILES string of the molecule is O=C(Nc1cccc(COCCOc2ccccc2)c1)N[C@H](CO)c1ccccc1. The van der Waals surface area contributed by atoms with E-state index in [1.54, 1.807) is 6.07 Å². The lowest BCUT2D eigenvalue weighted by molar-refractivity contribution is 0.0889. The second kappa shape index (κ2) is 11.6. The van der Waals surface area contributed by atoms with Gasteiger partial charge in [-0.3, -0.25) is 0 Å². The summed E-state index contributed by atoms with van der Waals surface area (Å²) in [7, 11) is 0. The topological polar surface area (TPSA) is 79.8 Å². The number of para-hydroxylation sites is 1. The molecule has 3 rings (SSSR count). The first-order chi connectivity index (χ1) is 14.7. The smallest absolute Gasteiger partial charge is 0.319 e. The summed E-state index contributed by atoms with van der Waals surface area (Å²) in [6, 6.07) is 25.5. The molecule has 0 heterocycles. The van der Waals surface area contributed by atoms with Gasteiger partial charge in [0.25, 0.3) is 0 Å². The fourth-order valence-corrected chi connectivity index (χ4v) is 2.91. The quantitative estimate of drug-likeness (QED) is 0.442. The van der Waals surface area contributed by atoms with Gasteiger partial charge in [-0.15, -0.1) is 0 Å². The molecule has 0 bridgehead atoms. The molecule has 0 spiro atoms. The third kappa shape index (κ3) is 6.92. The number of rotatable bonds is 10. The number of ether oxygens (including phenoxy) is 2. The van der Waals surface area contributed by atoms with Crippen molar-refractivity contribution in [3.05, 3.63) is 96.1 Å². The van der Waals surface area contributed by atoms with Crippen molar-refractivity contribution in [3.63, 3.8) is 0 Å². The minimum absolute atomic E-state index is 0.184. The van der Waals surface area contributed by atoms with Crippen molar-refractivity contribution in [2.75, 3.05) is 25.1 Å². The molecule has 0 fully saturated rings. The molecule has 3 aromatic rings. The van der Waals surface area contributed by atoms with Crippen molar-refractivity contribution in [3.8, 4) is 5.75 Å². The summed E-state index contributed by atoms with van der Waals surface area (Å²) in [4.78, 5) is 12.3. The molecule has 0 saturated carbocycles. The van der Waals surface area contributed by atoms with Crippen LogP contribution in [-0.2, 0) is 11.3 Å². The number of carbonyl (C=O) groups is 1. The minimum atomic E-state index is -0.470. The number of carbonyl (C=O) groups excluding carboxylic acids is 1. The van der Waals surface area contributed by atoms with E-state index in [1.165, 1.54) is 0 Å². The number of hydrogen-bond donors (Lipinski definition) is 3. The van der Waals surface area contributed by atoms with Crippen molar-refractivity contribution in [2.45, 2.75) is 12.6 Å². The van der Waals surface area contributed by atoms with Gasteiger partial charge in [0.2, 0.25) is 0 Å². The summed E-state index contributed by atoms with van der Waals surface area (Å²) in [6.07, 6.45) is 0. The monoisotopic (exact) mass is 406 g/mol. The molecule has 1 atom stereocenters. The molecule has 0 unspecified atom stereocenters. The van der Waals surface area contributed by atoms with Gasteiger partial charge in [0.05, 0.1) is 25.9 Å². The maximum absolute atomic E-state index is 12.3. The summed E-state index contributed by atoms with van der Waals surface area (Å²) < 4.78 is 11.2. The van der Waals surface area contributed by atoms with E-state index in [2.05, 4.69) is 10.6 Å². The number of aliphatic hydroxyl groups is 1. The molecule has 2 amide bonds. The number of amides is 2. The summed E-state index contributed by atoms with van der Waals surface area (Å²) >= 11 is 0. The molecule has 0 aliphatic rings. The van der Waals surface area contributed by atoms with Crippen molar-refractivity contribution < 1.29 is 19.4 Å². The third-order valence-electron chi connectivity index (χ3n) is 4.38. The van der Waals surface area contributed by atoms with Crippen LogP contribution >= 0.6 is 0 Å². The van der Waals surface area contributed by atoms with Gasteiger partial charge in [0.15, 0.2) is 0 Å². The van der Waals surface area contributed by atoms with Crippen molar-refractivity contribution >= 4 is 11.7 Å². The zero-order valence-corrected chi connectivity index (χ0v) is 16.7. The number of hydrogen-bond acceptors (Lipinski definition) is 4. The Bertz CT molecular complexity index is 903. The first kappa shape index (κ1) is 21.4. The van der Waals surface area contributed by atoms with Gasteiger partial charge < -0.3 is 25.2 Å². The van der Waals surface area contributed by atoms with Crippen LogP contribution in [0.25, 0.3) is 0 Å². The first-order valence-corrected chi connectivity index (χ1v) is 9.82. The Morgan fingerprint density at radius 2 is 1.63 bits per heavy atom. The Morgan fingerprint density at radius 1 is 0.900 bits per heavy atom. The second-order valence-corrected chi connectivity index (χ2v) is 6.66. The number of urea groups is 1. The lowest BCUT2D eigenvalue weighted by Crippen LogP contribution is -2.34. The van der Waals surface area contributed by atoms with Crippen LogP contribution in [0.3, 0.4) is 0 Å². The second-order valence-electron chi connectivity index (χ2n) is 6.66. The maximum atomic E-state index is 12.3. The highest BCUT2D eigenvalue weighted by Crippen LogP contribution is 2.14. The van der Waals surface area contributed by atoms with Crippen LogP contribution in [0, 0.1) is 0 Å². The van der Waals surface area contributed by atoms with Gasteiger partial charge in [0, 0.05) is 5.69 Å². The minimum Gasteiger partial charge on any atom is -0.491 e. The van der Waals surface area contributed by atoms with Crippen LogP contribution in [-0.4, -0.2) is 31.0 Å². The van der Waals surface area contributed by atoms with Gasteiger partial charge in [-0.2, -0.15) is 0 Å². The summed E-state index contributed by atoms with van der Waals surface area (Å²) in [5, 5.41) is 15.2. The fourth-order valence-electron chi connectivity index (χ4n) is 2.91. The lowest BCUT2D eigenvalue weighted by atomic mass is 10.1. The molecule has 3 N–H and O–H groups in total. The highest BCUT2D eigenvalue weighted by molar-refractivity contribution is 5.89. The van der Waals surface area contributed by atoms with Crippen LogP contribution in [0.15, 0.2) is 84.9 Å². The molecule has 0 radical (unpaired) electrons. The Morgan fingerprint density at radius 3 is 2.37 bits per heavy atom. The average molecular weight is 406 g/mol. The number of anilines is 1. The van der Waals surface area contributed by atoms with Crippen molar-refractivity contribution in [1.82, 2.24) is 5.32 Å². The molecule has 30 heavy (non-hydrogen) atoms. The Hall–Kier alpha value is -3.35. The van der Waals surface area contributed by atoms with Crippen LogP contribution in [0.5, 0.6) is 5.75 Å². The van der Waals surface area contributed by atoms with E-state index in [9.17, 15) is 9.90 Å². The van der Waals surface area contributed by atoms with Crippen molar-refractivity contribution in [2.24, 2.45) is 0 Å². The molecular weight excluding hydrogens is 380 g/mol. The van der Waals surface area contributed by atoms with Gasteiger partial charge in [-0.05, 0) is 35.4 Å². The van der Waals surface area contributed by atoms with Gasteiger partial charge >= 0.3 is 6.03 Å². The average Bonchev–Trinajstić information content (AvgIpc) is 2.79. The molecule has 6 nitrogen and oxygen atoms in total. The van der Waals surface area contributed by atoms with Crippen LogP contribution < -0.4 is 15.4 Å². The molecule has 0 aliphatic heterocycles. The van der Waals surface area contributed by atoms with Gasteiger partial charge in [-0.1, -0.05) is 60.7 Å². The largest absolute Gasteiger partial charge is 0.491 e. The zero-order chi connectivity index (χ0) is 21.0. The van der Waals surface area contributed by atoms with Gasteiger partial charge in [0.1, 0.15) is 12.4 Å². The van der Waals surface area contributed by atoms with E-state index in [0.717, 1.165) is 16.9 Å². The number of aliphatic hydroxyl groups excluding tert-OH is 1. The summed E-state index contributed by atoms with van der Waals surface area (Å²) in [5.41, 5.74) is 2.43. The predicted octanol–water partition coefficient (Wildman–Crippen LogP) is 4.14. The van der Waals surface area contributed by atoms with Crippen molar-refractivity contribution in [1.29, 1.82) is 0 Å². The highest BCUT2D eigenvalue weighted by Gasteiger charge is 2.13. The maximum Gasteiger partial charge on any atom is 0.319 e. The van der Waals surface area contributed by atoms with Crippen LogP contribution in [0.4, 0.5) is 10.5 Å². The summed E-state index contributed by atoms with van der Waals surface area (Å²) in [5.74, 6) is 0.815. The first-order valence-electron chi connectivity index (χ1n) is 9.82. The van der Waals surface area contributed by atoms with E-state index in [4.69, 9.17) is 9.47 Å². The Balaban J connectivity index is 1.43. The van der Waals surface area contributed by atoms with E-state index in [1.807, 2.05) is 78.9 Å². The molecule has 6 heteroatoms. The lowest BCUT2D eigenvalue weighted by Gasteiger charge is -2.17. The zero-order valence-electron chi connectivity index (χ0n) is 16.7. The van der Waals surface area contributed by atoms with Crippen LogP contribution in [0.2, 0.25) is 0 Å². The van der Waals surface area contributed by atoms with E-state index in [0.29, 0.717) is 25.5 Å². The molecule has 0 aromatic heterocycles. The molecule has 156 valence electrons. The van der Waals surface area contributed by atoms with Gasteiger partial charge in [-0.25, -0.2) is 4.79 Å².